The molecular weight excluding hydrogens is 306 g/mol. The number of para-hydroxylation sites is 2. The number of hydrogen-bond donors (Lipinski definition) is 0. The van der Waals surface area contributed by atoms with E-state index in [0.717, 1.165) is 37.4 Å². The second-order valence-electron chi connectivity index (χ2n) is 5.78. The molecule has 1 aliphatic heterocycles. The van der Waals surface area contributed by atoms with Crippen molar-refractivity contribution in [3.05, 3.63) is 48.5 Å². The monoisotopic (exact) mass is 327 g/mol. The third-order valence-electron chi connectivity index (χ3n) is 4.21. The summed E-state index contributed by atoms with van der Waals surface area (Å²) in [7, 11) is 1.63. The maximum absolute atomic E-state index is 12.3. The minimum absolute atomic E-state index is 0.0451. The summed E-state index contributed by atoms with van der Waals surface area (Å²) in [6, 6.07) is 7.62. The number of ether oxygens (including phenoxy) is 2. The fraction of sp³-hybridized carbons (Fsp3) is 0.389. The van der Waals surface area contributed by atoms with Crippen LogP contribution >= 0.6 is 0 Å². The van der Waals surface area contributed by atoms with Crippen LogP contribution in [0.5, 0.6) is 11.5 Å². The summed E-state index contributed by atoms with van der Waals surface area (Å²) in [5.74, 6) is 1.89. The van der Waals surface area contributed by atoms with E-state index >= 15 is 0 Å². The van der Waals surface area contributed by atoms with Crippen LogP contribution in [0.4, 0.5) is 0 Å². The molecule has 1 amide bonds. The lowest BCUT2D eigenvalue weighted by atomic mass is 10.1. The molecule has 1 fully saturated rings. The second-order valence-corrected chi connectivity index (χ2v) is 5.78. The Morgan fingerprint density at radius 3 is 2.88 bits per heavy atom. The van der Waals surface area contributed by atoms with Crippen LogP contribution in [0.25, 0.3) is 0 Å². The lowest BCUT2D eigenvalue weighted by molar-refractivity contribution is 0.0779. The highest BCUT2D eigenvalue weighted by Crippen LogP contribution is 2.27. The van der Waals surface area contributed by atoms with Gasteiger partial charge in [0, 0.05) is 25.5 Å². The van der Waals surface area contributed by atoms with Crippen molar-refractivity contribution in [2.75, 3.05) is 26.8 Å². The fourth-order valence-electron chi connectivity index (χ4n) is 2.90. The van der Waals surface area contributed by atoms with Gasteiger partial charge in [0.05, 0.1) is 19.9 Å². The Morgan fingerprint density at radius 2 is 2.12 bits per heavy atom. The smallest absolute Gasteiger partial charge is 0.274 e. The SMILES string of the molecule is COc1ccccc1OCCC1CCN(C(=O)c2cnccn2)C1. The van der Waals surface area contributed by atoms with Crippen molar-refractivity contribution < 1.29 is 14.3 Å². The Morgan fingerprint density at radius 1 is 1.29 bits per heavy atom. The van der Waals surface area contributed by atoms with Crippen LogP contribution in [0.2, 0.25) is 0 Å². The second kappa shape index (κ2) is 7.77. The third kappa shape index (κ3) is 3.82. The minimum atomic E-state index is -0.0451. The molecular formula is C18H21N3O3. The van der Waals surface area contributed by atoms with Gasteiger partial charge in [-0.25, -0.2) is 4.98 Å². The van der Waals surface area contributed by atoms with Gasteiger partial charge in [0.1, 0.15) is 5.69 Å². The predicted molar refractivity (Wildman–Crippen MR) is 89.1 cm³/mol. The molecule has 0 spiro atoms. The van der Waals surface area contributed by atoms with Crippen molar-refractivity contribution in [3.63, 3.8) is 0 Å². The molecule has 0 saturated carbocycles. The summed E-state index contributed by atoms with van der Waals surface area (Å²) in [5, 5.41) is 0. The van der Waals surface area contributed by atoms with Crippen molar-refractivity contribution in [1.82, 2.24) is 14.9 Å². The van der Waals surface area contributed by atoms with Gasteiger partial charge in [0.2, 0.25) is 0 Å². The highest BCUT2D eigenvalue weighted by atomic mass is 16.5. The molecule has 1 aromatic carbocycles. The summed E-state index contributed by atoms with van der Waals surface area (Å²) < 4.78 is 11.1. The molecule has 2 aromatic rings. The van der Waals surface area contributed by atoms with Gasteiger partial charge in [-0.2, -0.15) is 0 Å². The van der Waals surface area contributed by atoms with E-state index in [0.29, 0.717) is 18.2 Å². The van der Waals surface area contributed by atoms with E-state index in [9.17, 15) is 4.79 Å². The molecule has 24 heavy (non-hydrogen) atoms. The molecule has 3 rings (SSSR count). The molecule has 6 heteroatoms. The molecule has 1 saturated heterocycles. The van der Waals surface area contributed by atoms with Gasteiger partial charge >= 0.3 is 0 Å². The molecule has 1 atom stereocenters. The highest BCUT2D eigenvalue weighted by molar-refractivity contribution is 5.92. The van der Waals surface area contributed by atoms with Crippen LogP contribution in [0, 0.1) is 5.92 Å². The van der Waals surface area contributed by atoms with Gasteiger partial charge in [-0.1, -0.05) is 12.1 Å². The van der Waals surface area contributed by atoms with E-state index in [2.05, 4.69) is 9.97 Å². The van der Waals surface area contributed by atoms with Gasteiger partial charge < -0.3 is 14.4 Å². The van der Waals surface area contributed by atoms with Gasteiger partial charge in [0.25, 0.3) is 5.91 Å². The first-order valence-corrected chi connectivity index (χ1v) is 8.09. The minimum Gasteiger partial charge on any atom is -0.493 e. The number of amides is 1. The van der Waals surface area contributed by atoms with Crippen LogP contribution in [0.1, 0.15) is 23.3 Å². The number of methoxy groups -OCH3 is 1. The molecule has 1 unspecified atom stereocenters. The first-order valence-electron chi connectivity index (χ1n) is 8.09. The first-order chi connectivity index (χ1) is 11.8. The number of carbonyl (C=O) groups is 1. The lowest BCUT2D eigenvalue weighted by Gasteiger charge is -2.16. The van der Waals surface area contributed by atoms with Crippen LogP contribution in [-0.4, -0.2) is 47.6 Å². The number of nitrogens with zero attached hydrogens (tertiary/aromatic N) is 3. The number of benzene rings is 1. The average Bonchev–Trinajstić information content (AvgIpc) is 3.11. The molecule has 0 N–H and O–H groups in total. The number of rotatable bonds is 6. The summed E-state index contributed by atoms with van der Waals surface area (Å²) >= 11 is 0. The zero-order chi connectivity index (χ0) is 16.8. The Balaban J connectivity index is 1.47. The quantitative estimate of drug-likeness (QED) is 0.815. The van der Waals surface area contributed by atoms with Crippen LogP contribution < -0.4 is 9.47 Å². The van der Waals surface area contributed by atoms with E-state index in [1.54, 1.807) is 19.5 Å². The van der Waals surface area contributed by atoms with Gasteiger partial charge in [0.15, 0.2) is 11.5 Å². The zero-order valence-corrected chi connectivity index (χ0v) is 13.7. The number of likely N-dealkylation sites (tertiary alicyclic amines) is 1. The van der Waals surface area contributed by atoms with Crippen molar-refractivity contribution in [2.45, 2.75) is 12.8 Å². The predicted octanol–water partition coefficient (Wildman–Crippen LogP) is 2.42. The molecule has 1 aromatic heterocycles. The lowest BCUT2D eigenvalue weighted by Crippen LogP contribution is -2.29. The Kier molecular flexibility index (Phi) is 5.25. The zero-order valence-electron chi connectivity index (χ0n) is 13.7. The van der Waals surface area contributed by atoms with Crippen molar-refractivity contribution in [2.24, 2.45) is 5.92 Å². The third-order valence-corrected chi connectivity index (χ3v) is 4.21. The van der Waals surface area contributed by atoms with Crippen molar-refractivity contribution >= 4 is 5.91 Å². The van der Waals surface area contributed by atoms with E-state index in [1.165, 1.54) is 6.20 Å². The topological polar surface area (TPSA) is 64.6 Å². The summed E-state index contributed by atoms with van der Waals surface area (Å²) in [6.07, 6.45) is 6.52. The van der Waals surface area contributed by atoms with Crippen LogP contribution in [-0.2, 0) is 0 Å². The van der Waals surface area contributed by atoms with Crippen LogP contribution in [0.15, 0.2) is 42.9 Å². The molecule has 0 radical (unpaired) electrons. The number of aromatic nitrogens is 2. The largest absolute Gasteiger partial charge is 0.493 e. The van der Waals surface area contributed by atoms with Crippen LogP contribution in [0.3, 0.4) is 0 Å². The molecule has 126 valence electrons. The van der Waals surface area contributed by atoms with E-state index in [-0.39, 0.29) is 5.91 Å². The van der Waals surface area contributed by atoms with Gasteiger partial charge in [-0.05, 0) is 30.9 Å². The van der Waals surface area contributed by atoms with E-state index < -0.39 is 0 Å². The molecule has 0 aliphatic carbocycles. The van der Waals surface area contributed by atoms with Crippen molar-refractivity contribution in [3.8, 4) is 11.5 Å². The molecule has 2 heterocycles. The van der Waals surface area contributed by atoms with Gasteiger partial charge in [-0.15, -0.1) is 0 Å². The standard InChI is InChI=1S/C18H21N3O3/c1-23-16-4-2-3-5-17(16)24-11-7-14-6-10-21(13-14)18(22)15-12-19-8-9-20-15/h2-5,8-9,12,14H,6-7,10-11,13H2,1H3. The summed E-state index contributed by atoms with van der Waals surface area (Å²) in [4.78, 5) is 22.2. The Bertz CT molecular complexity index is 678. The highest BCUT2D eigenvalue weighted by Gasteiger charge is 2.27. The molecule has 0 bridgehead atoms. The maximum Gasteiger partial charge on any atom is 0.274 e. The van der Waals surface area contributed by atoms with E-state index in [1.807, 2.05) is 29.2 Å². The summed E-state index contributed by atoms with van der Waals surface area (Å²) in [5.41, 5.74) is 0.406. The maximum atomic E-state index is 12.3. The normalized spacial score (nSPS) is 16.9. The van der Waals surface area contributed by atoms with Crippen molar-refractivity contribution in [1.29, 1.82) is 0 Å². The number of hydrogen-bond acceptors (Lipinski definition) is 5. The Labute approximate surface area is 141 Å². The molecule has 1 aliphatic rings. The summed E-state index contributed by atoms with van der Waals surface area (Å²) in [6.45, 7) is 2.11. The number of carbonyl (C=O) groups excluding carboxylic acids is 1. The molecule has 6 nitrogen and oxygen atoms in total. The fourth-order valence-corrected chi connectivity index (χ4v) is 2.90. The van der Waals surface area contributed by atoms with E-state index in [4.69, 9.17) is 9.47 Å². The Hall–Kier alpha value is -2.63. The average molecular weight is 327 g/mol. The first kappa shape index (κ1) is 16.2. The van der Waals surface area contributed by atoms with Gasteiger partial charge in [-0.3, -0.25) is 9.78 Å².